The van der Waals surface area contributed by atoms with Gasteiger partial charge in [0.05, 0.1) is 0 Å². The summed E-state index contributed by atoms with van der Waals surface area (Å²) in [6, 6.07) is 0.572. The van der Waals surface area contributed by atoms with Crippen LogP contribution in [-0.4, -0.2) is 6.04 Å². The minimum atomic E-state index is 0.572. The van der Waals surface area contributed by atoms with E-state index in [0.717, 1.165) is 0 Å². The van der Waals surface area contributed by atoms with E-state index in [1.54, 1.807) is 0 Å². The molecule has 0 unspecified atom stereocenters. The first-order chi connectivity index (χ1) is 3.83. The first-order valence-corrected chi connectivity index (χ1v) is 3.59. The number of rotatable bonds is 0. The van der Waals surface area contributed by atoms with E-state index in [-0.39, 0.29) is 0 Å². The van der Waals surface area contributed by atoms with Crippen molar-refractivity contribution < 1.29 is 0 Å². The van der Waals surface area contributed by atoms with E-state index in [9.17, 15) is 0 Å². The zero-order valence-electron chi connectivity index (χ0n) is 5.19. The molecule has 2 rings (SSSR count). The lowest BCUT2D eigenvalue weighted by Crippen LogP contribution is -2.25. The summed E-state index contributed by atoms with van der Waals surface area (Å²) in [6.45, 7) is 0. The van der Waals surface area contributed by atoms with Gasteiger partial charge in [0.25, 0.3) is 0 Å². The number of hydrogen-bond donors (Lipinski definition) is 1. The summed E-state index contributed by atoms with van der Waals surface area (Å²) in [7, 11) is 0. The van der Waals surface area contributed by atoms with E-state index in [4.69, 9.17) is 5.73 Å². The van der Waals surface area contributed by atoms with Crippen LogP contribution in [0.2, 0.25) is 0 Å². The average molecular weight is 111 g/mol. The van der Waals surface area contributed by atoms with Crippen LogP contribution in [0.3, 0.4) is 0 Å². The molecule has 0 amide bonds. The summed E-state index contributed by atoms with van der Waals surface area (Å²) in [5, 5.41) is 0. The van der Waals surface area contributed by atoms with Gasteiger partial charge in [0, 0.05) is 6.04 Å². The lowest BCUT2D eigenvalue weighted by molar-refractivity contribution is 0.462. The highest BCUT2D eigenvalue weighted by atomic mass is 14.8. The molecule has 2 N–H and O–H groups in total. The molecular weight excluding hydrogens is 98.1 g/mol. The third kappa shape index (κ3) is 0.455. The number of nitrogens with two attached hydrogens (primary N) is 1. The molecule has 8 heavy (non-hydrogen) atoms. The van der Waals surface area contributed by atoms with Crippen LogP contribution in [0.15, 0.2) is 0 Å². The molecule has 1 spiro atoms. The summed E-state index contributed by atoms with van der Waals surface area (Å²) in [5.74, 6) is 0. The molecule has 0 radical (unpaired) electrons. The minimum absolute atomic E-state index is 0.572. The van der Waals surface area contributed by atoms with Crippen molar-refractivity contribution in [2.75, 3.05) is 0 Å². The fourth-order valence-electron chi connectivity index (χ4n) is 1.95. The van der Waals surface area contributed by atoms with Crippen LogP contribution in [0.4, 0.5) is 0 Å². The van der Waals surface area contributed by atoms with Crippen LogP contribution in [0.5, 0.6) is 0 Å². The maximum Gasteiger partial charge on any atom is 0.00955 e. The van der Waals surface area contributed by atoms with E-state index in [1.807, 2.05) is 0 Å². The Balaban J connectivity index is 2.12. The van der Waals surface area contributed by atoms with E-state index in [0.29, 0.717) is 11.5 Å². The highest BCUT2D eigenvalue weighted by molar-refractivity contribution is 5.04. The van der Waals surface area contributed by atoms with Crippen molar-refractivity contribution in [1.82, 2.24) is 0 Å². The Morgan fingerprint density at radius 1 is 1.25 bits per heavy atom. The van der Waals surface area contributed by atoms with Crippen molar-refractivity contribution in [3.05, 3.63) is 0 Å². The topological polar surface area (TPSA) is 26.0 Å². The van der Waals surface area contributed by atoms with Gasteiger partial charge in [0.15, 0.2) is 0 Å². The second-order valence-corrected chi connectivity index (χ2v) is 3.36. The Hall–Kier alpha value is -0.0400. The van der Waals surface area contributed by atoms with Gasteiger partial charge in [0.2, 0.25) is 0 Å². The molecule has 0 saturated heterocycles. The van der Waals surface area contributed by atoms with Gasteiger partial charge in [-0.05, 0) is 31.1 Å². The van der Waals surface area contributed by atoms with Crippen LogP contribution in [0.1, 0.15) is 32.1 Å². The smallest absolute Gasteiger partial charge is 0.00955 e. The number of hydrogen-bond acceptors (Lipinski definition) is 1. The molecule has 0 aromatic rings. The van der Waals surface area contributed by atoms with E-state index in [1.165, 1.54) is 32.1 Å². The maximum absolute atomic E-state index is 5.88. The zero-order valence-corrected chi connectivity index (χ0v) is 5.19. The molecule has 0 aliphatic heterocycles. The fraction of sp³-hybridized carbons (Fsp3) is 1.00. The van der Waals surface area contributed by atoms with Gasteiger partial charge < -0.3 is 5.73 Å². The van der Waals surface area contributed by atoms with E-state index >= 15 is 0 Å². The molecule has 46 valence electrons. The van der Waals surface area contributed by atoms with Gasteiger partial charge in [-0.25, -0.2) is 0 Å². The molecule has 1 atom stereocenters. The van der Waals surface area contributed by atoms with Crippen LogP contribution >= 0.6 is 0 Å². The van der Waals surface area contributed by atoms with Gasteiger partial charge in [-0.15, -0.1) is 0 Å². The molecule has 1 heteroatoms. The fourth-order valence-corrected chi connectivity index (χ4v) is 1.95. The zero-order chi connectivity index (χ0) is 5.61. The van der Waals surface area contributed by atoms with Gasteiger partial charge in [-0.2, -0.15) is 0 Å². The minimum Gasteiger partial charge on any atom is -0.327 e. The molecule has 0 aromatic heterocycles. The lowest BCUT2D eigenvalue weighted by Gasteiger charge is -2.10. The summed E-state index contributed by atoms with van der Waals surface area (Å²) in [5.41, 5.74) is 6.56. The van der Waals surface area contributed by atoms with E-state index in [2.05, 4.69) is 0 Å². The Labute approximate surface area is 50.3 Å². The molecule has 0 heterocycles. The predicted molar refractivity (Wildman–Crippen MR) is 33.5 cm³/mol. The average Bonchev–Trinajstić information content (AvgIpc) is 2.39. The lowest BCUT2D eigenvalue weighted by atomic mass is 10.0. The van der Waals surface area contributed by atoms with Crippen molar-refractivity contribution in [3.8, 4) is 0 Å². The second kappa shape index (κ2) is 1.27. The third-order valence-corrected chi connectivity index (χ3v) is 2.87. The Morgan fingerprint density at radius 3 is 2.25 bits per heavy atom. The first-order valence-electron chi connectivity index (χ1n) is 3.59. The van der Waals surface area contributed by atoms with Gasteiger partial charge >= 0.3 is 0 Å². The SMILES string of the molecule is N[C@H]1CCCC12CC2. The molecule has 2 aliphatic rings. The molecular formula is C7H13N. The molecule has 2 saturated carbocycles. The van der Waals surface area contributed by atoms with Crippen LogP contribution in [0.25, 0.3) is 0 Å². The van der Waals surface area contributed by atoms with Crippen LogP contribution < -0.4 is 5.73 Å². The van der Waals surface area contributed by atoms with Crippen molar-refractivity contribution >= 4 is 0 Å². The van der Waals surface area contributed by atoms with E-state index < -0.39 is 0 Å². The summed E-state index contributed by atoms with van der Waals surface area (Å²) in [4.78, 5) is 0. The Kier molecular flexibility index (Phi) is 0.762. The van der Waals surface area contributed by atoms with Crippen molar-refractivity contribution in [2.45, 2.75) is 38.1 Å². The van der Waals surface area contributed by atoms with Crippen molar-refractivity contribution in [2.24, 2.45) is 11.1 Å². The quantitative estimate of drug-likeness (QED) is 0.500. The maximum atomic E-state index is 5.88. The Morgan fingerprint density at radius 2 is 2.00 bits per heavy atom. The molecule has 0 bridgehead atoms. The third-order valence-electron chi connectivity index (χ3n) is 2.87. The Bertz CT molecular complexity index is 105. The molecule has 2 fully saturated rings. The predicted octanol–water partition coefficient (Wildman–Crippen LogP) is 1.28. The first kappa shape index (κ1) is 4.80. The van der Waals surface area contributed by atoms with Crippen molar-refractivity contribution in [1.29, 1.82) is 0 Å². The van der Waals surface area contributed by atoms with Crippen LogP contribution in [0, 0.1) is 5.41 Å². The standard InChI is InChI=1S/C7H13N/c8-6-2-1-3-7(6)4-5-7/h6H,1-5,8H2/t6-/m0/s1. The van der Waals surface area contributed by atoms with Gasteiger partial charge in [0.1, 0.15) is 0 Å². The summed E-state index contributed by atoms with van der Waals surface area (Å²) >= 11 is 0. The highest BCUT2D eigenvalue weighted by Crippen LogP contribution is 2.56. The molecule has 0 aromatic carbocycles. The van der Waals surface area contributed by atoms with Gasteiger partial charge in [-0.3, -0.25) is 0 Å². The largest absolute Gasteiger partial charge is 0.327 e. The van der Waals surface area contributed by atoms with Crippen LogP contribution in [-0.2, 0) is 0 Å². The molecule has 1 nitrogen and oxygen atoms in total. The van der Waals surface area contributed by atoms with Crippen molar-refractivity contribution in [3.63, 3.8) is 0 Å². The highest BCUT2D eigenvalue weighted by Gasteiger charge is 2.49. The molecule has 2 aliphatic carbocycles. The summed E-state index contributed by atoms with van der Waals surface area (Å²) in [6.07, 6.45) is 6.96. The monoisotopic (exact) mass is 111 g/mol. The second-order valence-electron chi connectivity index (χ2n) is 3.36. The van der Waals surface area contributed by atoms with Gasteiger partial charge in [-0.1, -0.05) is 6.42 Å². The normalized spacial score (nSPS) is 40.9. The summed E-state index contributed by atoms with van der Waals surface area (Å²) < 4.78 is 0.